The number of hydrogen-bond donors (Lipinski definition) is 0. The van der Waals surface area contributed by atoms with Crippen LogP contribution in [0.3, 0.4) is 0 Å². The summed E-state index contributed by atoms with van der Waals surface area (Å²) in [6, 6.07) is 7.04. The minimum Gasteiger partial charge on any atom is -0.139 e. The Morgan fingerprint density at radius 1 is 1.40 bits per heavy atom. The van der Waals surface area contributed by atoms with Crippen molar-refractivity contribution in [1.82, 2.24) is 0 Å². The zero-order chi connectivity index (χ0) is 11.0. The molecule has 0 aliphatic rings. The van der Waals surface area contributed by atoms with Crippen molar-refractivity contribution in [3.8, 4) is 0 Å². The van der Waals surface area contributed by atoms with Gasteiger partial charge >= 0.3 is 0 Å². The van der Waals surface area contributed by atoms with Crippen molar-refractivity contribution < 1.29 is 0 Å². The standard InChI is InChI=1S/C12H11Cl2S/c1-7(2)5-9-6-8-3-4-10(13)11(14)12(8)15-9/h3,6-7H,5H2,1-2H3. The van der Waals surface area contributed by atoms with Crippen LogP contribution in [0.1, 0.15) is 18.7 Å². The quantitative estimate of drug-likeness (QED) is 0.693. The maximum Gasteiger partial charge on any atom is 0.0776 e. The van der Waals surface area contributed by atoms with Gasteiger partial charge in [0.2, 0.25) is 0 Å². The van der Waals surface area contributed by atoms with Crippen molar-refractivity contribution in [1.29, 1.82) is 0 Å². The number of benzene rings is 1. The van der Waals surface area contributed by atoms with Crippen LogP contribution in [0.4, 0.5) is 0 Å². The van der Waals surface area contributed by atoms with Gasteiger partial charge in [-0.05, 0) is 29.9 Å². The van der Waals surface area contributed by atoms with Gasteiger partial charge in [0.25, 0.3) is 0 Å². The van der Waals surface area contributed by atoms with Crippen molar-refractivity contribution in [2.75, 3.05) is 0 Å². The zero-order valence-electron chi connectivity index (χ0n) is 8.60. The minimum absolute atomic E-state index is 0.516. The Morgan fingerprint density at radius 3 is 2.80 bits per heavy atom. The highest BCUT2D eigenvalue weighted by Crippen LogP contribution is 2.36. The number of halogens is 2. The number of rotatable bonds is 2. The molecule has 0 amide bonds. The van der Waals surface area contributed by atoms with Gasteiger partial charge in [0.15, 0.2) is 0 Å². The van der Waals surface area contributed by atoms with Crippen LogP contribution in [-0.4, -0.2) is 0 Å². The molecule has 1 aromatic heterocycles. The molecule has 1 aromatic carbocycles. The van der Waals surface area contributed by atoms with E-state index < -0.39 is 0 Å². The first-order chi connectivity index (χ1) is 7.08. The van der Waals surface area contributed by atoms with Crippen molar-refractivity contribution in [2.45, 2.75) is 20.3 Å². The summed E-state index contributed by atoms with van der Waals surface area (Å²) < 4.78 is 1.08. The number of thiophene rings is 1. The lowest BCUT2D eigenvalue weighted by Crippen LogP contribution is -1.89. The van der Waals surface area contributed by atoms with Crippen LogP contribution in [0, 0.1) is 12.0 Å². The molecule has 0 atom stereocenters. The number of fused-ring (bicyclic) bond motifs is 1. The molecule has 2 aromatic rings. The highest BCUT2D eigenvalue weighted by atomic mass is 35.5. The highest BCUT2D eigenvalue weighted by Gasteiger charge is 2.09. The van der Waals surface area contributed by atoms with Gasteiger partial charge in [0, 0.05) is 10.9 Å². The molecule has 0 fully saturated rings. The molecule has 0 unspecified atom stereocenters. The van der Waals surface area contributed by atoms with Crippen LogP contribution in [-0.2, 0) is 6.42 Å². The summed E-state index contributed by atoms with van der Waals surface area (Å²) >= 11 is 13.8. The van der Waals surface area contributed by atoms with E-state index in [9.17, 15) is 0 Å². The summed E-state index contributed by atoms with van der Waals surface area (Å²) in [5.74, 6) is 0.663. The van der Waals surface area contributed by atoms with Gasteiger partial charge in [-0.2, -0.15) is 0 Å². The predicted octanol–water partition coefficient (Wildman–Crippen LogP) is 5.21. The van der Waals surface area contributed by atoms with E-state index in [0.717, 1.165) is 16.5 Å². The van der Waals surface area contributed by atoms with Crippen LogP contribution in [0.2, 0.25) is 10.0 Å². The Kier molecular flexibility index (Phi) is 3.24. The van der Waals surface area contributed by atoms with E-state index in [1.165, 1.54) is 4.88 Å². The van der Waals surface area contributed by atoms with Gasteiger partial charge in [-0.1, -0.05) is 37.0 Å². The third-order valence-electron chi connectivity index (χ3n) is 2.17. The van der Waals surface area contributed by atoms with Gasteiger partial charge in [-0.3, -0.25) is 0 Å². The lowest BCUT2D eigenvalue weighted by Gasteiger charge is -1.99. The second kappa shape index (κ2) is 4.32. The maximum atomic E-state index is 6.12. The molecule has 0 aliphatic carbocycles. The topological polar surface area (TPSA) is 0 Å². The van der Waals surface area contributed by atoms with E-state index in [1.54, 1.807) is 11.3 Å². The summed E-state index contributed by atoms with van der Waals surface area (Å²) in [5.41, 5.74) is 0. The normalized spacial score (nSPS) is 11.5. The average Bonchev–Trinajstić information content (AvgIpc) is 2.54. The van der Waals surface area contributed by atoms with E-state index in [2.05, 4.69) is 26.0 Å². The summed E-state index contributed by atoms with van der Waals surface area (Å²) in [6.45, 7) is 4.43. The lowest BCUT2D eigenvalue weighted by molar-refractivity contribution is 0.654. The maximum absolute atomic E-state index is 6.12. The Labute approximate surface area is 104 Å². The first-order valence-electron chi connectivity index (χ1n) is 4.86. The van der Waals surface area contributed by atoms with Gasteiger partial charge in [-0.15, -0.1) is 11.3 Å². The Morgan fingerprint density at radius 2 is 2.13 bits per heavy atom. The molecule has 0 bridgehead atoms. The fourth-order valence-corrected chi connectivity index (χ4v) is 3.32. The molecule has 0 spiro atoms. The van der Waals surface area contributed by atoms with E-state index in [4.69, 9.17) is 23.2 Å². The van der Waals surface area contributed by atoms with Crippen molar-refractivity contribution >= 4 is 44.6 Å². The Hall–Kier alpha value is -0.240. The Bertz CT molecular complexity index is 486. The van der Waals surface area contributed by atoms with E-state index in [-0.39, 0.29) is 0 Å². The third kappa shape index (κ3) is 2.30. The van der Waals surface area contributed by atoms with Gasteiger partial charge < -0.3 is 0 Å². The van der Waals surface area contributed by atoms with Crippen molar-refractivity contribution in [3.63, 3.8) is 0 Å². The van der Waals surface area contributed by atoms with Crippen LogP contribution < -0.4 is 0 Å². The monoisotopic (exact) mass is 257 g/mol. The molecule has 0 saturated heterocycles. The van der Waals surface area contributed by atoms with Crippen LogP contribution in [0.15, 0.2) is 12.1 Å². The summed E-state index contributed by atoms with van der Waals surface area (Å²) in [5, 5.41) is 2.29. The molecule has 3 heteroatoms. The first kappa shape index (κ1) is 11.3. The summed E-state index contributed by atoms with van der Waals surface area (Å²) in [7, 11) is 0. The van der Waals surface area contributed by atoms with Gasteiger partial charge in [-0.25, -0.2) is 0 Å². The van der Waals surface area contributed by atoms with Crippen LogP contribution in [0.25, 0.3) is 10.1 Å². The third-order valence-corrected chi connectivity index (χ3v) is 4.24. The summed E-state index contributed by atoms with van der Waals surface area (Å²) in [4.78, 5) is 1.36. The van der Waals surface area contributed by atoms with Gasteiger partial charge in [0.1, 0.15) is 0 Å². The highest BCUT2D eigenvalue weighted by molar-refractivity contribution is 7.19. The van der Waals surface area contributed by atoms with E-state index in [1.807, 2.05) is 6.07 Å². The molecule has 1 heterocycles. The number of hydrogen-bond acceptors (Lipinski definition) is 1. The smallest absolute Gasteiger partial charge is 0.0776 e. The molecular formula is C12H11Cl2S. The van der Waals surface area contributed by atoms with Gasteiger partial charge in [0.05, 0.1) is 14.7 Å². The van der Waals surface area contributed by atoms with E-state index in [0.29, 0.717) is 16.0 Å². The van der Waals surface area contributed by atoms with Crippen LogP contribution >= 0.6 is 34.5 Å². The lowest BCUT2D eigenvalue weighted by atomic mass is 10.1. The second-order valence-corrected chi connectivity index (χ2v) is 5.90. The molecule has 0 saturated carbocycles. The molecular weight excluding hydrogens is 247 g/mol. The molecule has 2 rings (SSSR count). The SMILES string of the molecule is CC(C)Cc1cc2c[c]c(Cl)c(Cl)c2s1. The molecule has 0 N–H and O–H groups in total. The molecule has 79 valence electrons. The summed E-state index contributed by atoms with van der Waals surface area (Å²) in [6.07, 6.45) is 1.09. The fourth-order valence-electron chi connectivity index (χ4n) is 1.54. The van der Waals surface area contributed by atoms with E-state index >= 15 is 0 Å². The fraction of sp³-hybridized carbons (Fsp3) is 0.333. The second-order valence-electron chi connectivity index (χ2n) is 4.01. The zero-order valence-corrected chi connectivity index (χ0v) is 10.9. The molecule has 0 nitrogen and oxygen atoms in total. The Balaban J connectivity index is 2.51. The minimum atomic E-state index is 0.516. The first-order valence-corrected chi connectivity index (χ1v) is 6.43. The molecule has 0 aliphatic heterocycles. The molecule has 15 heavy (non-hydrogen) atoms. The molecule has 1 radical (unpaired) electrons. The average molecular weight is 258 g/mol. The largest absolute Gasteiger partial charge is 0.139 e. The van der Waals surface area contributed by atoms with Crippen molar-refractivity contribution in [3.05, 3.63) is 33.1 Å². The predicted molar refractivity (Wildman–Crippen MR) is 69.2 cm³/mol. The van der Waals surface area contributed by atoms with Crippen LogP contribution in [0.5, 0.6) is 0 Å². The van der Waals surface area contributed by atoms with Crippen molar-refractivity contribution in [2.24, 2.45) is 5.92 Å².